The lowest BCUT2D eigenvalue weighted by Crippen LogP contribution is -2.26. The maximum absolute atomic E-state index is 12.5. The van der Waals surface area contributed by atoms with Crippen molar-refractivity contribution in [3.05, 3.63) is 120 Å². The molecule has 0 spiro atoms. The van der Waals surface area contributed by atoms with Crippen LogP contribution in [0.25, 0.3) is 5.57 Å². The minimum atomic E-state index is -0.0732. The molecule has 0 aliphatic carbocycles. The molecule has 3 rings (SSSR count). The molecule has 0 aliphatic rings. The topological polar surface area (TPSA) is 46.9 Å². The zero-order valence-electron chi connectivity index (χ0n) is 17.3. The first-order valence-electron chi connectivity index (χ1n) is 10.1. The number of nitrogens with one attached hydrogen (secondary N) is 1. The van der Waals surface area contributed by atoms with E-state index >= 15 is 0 Å². The Bertz CT molecular complexity index is 1030. The minimum Gasteiger partial charge on any atom is -0.352 e. The second kappa shape index (κ2) is 10.8. The van der Waals surface area contributed by atoms with Gasteiger partial charge in [0.25, 0.3) is 5.91 Å². The summed E-state index contributed by atoms with van der Waals surface area (Å²) in [4.78, 5) is 16.8. The number of imidazole rings is 1. The lowest BCUT2D eigenvalue weighted by molar-refractivity contribution is 0.0954. The van der Waals surface area contributed by atoms with Gasteiger partial charge in [-0.05, 0) is 35.8 Å². The number of carbonyl (C=O) groups excluding carboxylic acids is 1. The molecule has 1 N–H and O–H groups in total. The zero-order valence-corrected chi connectivity index (χ0v) is 17.3. The van der Waals surface area contributed by atoms with Crippen LogP contribution in [0.2, 0.25) is 0 Å². The summed E-state index contributed by atoms with van der Waals surface area (Å²) in [5, 5.41) is 3.00. The van der Waals surface area contributed by atoms with Crippen LogP contribution in [0.4, 0.5) is 0 Å². The van der Waals surface area contributed by atoms with E-state index in [9.17, 15) is 4.79 Å². The molecule has 30 heavy (non-hydrogen) atoms. The van der Waals surface area contributed by atoms with E-state index in [1.54, 1.807) is 6.08 Å². The number of hydrogen-bond acceptors (Lipinski definition) is 2. The van der Waals surface area contributed by atoms with Crippen LogP contribution < -0.4 is 5.32 Å². The van der Waals surface area contributed by atoms with Crippen molar-refractivity contribution in [3.63, 3.8) is 0 Å². The SMILES string of the molecule is C=C/C=C(\C=C/C)c1ccc(C(=O)NCCc2cncn2Cc2ccccc2)cc1. The Labute approximate surface area is 178 Å². The third-order valence-electron chi connectivity index (χ3n) is 4.79. The third kappa shape index (κ3) is 5.67. The van der Waals surface area contributed by atoms with Crippen molar-refractivity contribution in [2.75, 3.05) is 6.54 Å². The van der Waals surface area contributed by atoms with Gasteiger partial charge in [-0.15, -0.1) is 0 Å². The van der Waals surface area contributed by atoms with Gasteiger partial charge in [-0.1, -0.05) is 73.3 Å². The Morgan fingerprint density at radius 2 is 1.83 bits per heavy atom. The van der Waals surface area contributed by atoms with Crippen molar-refractivity contribution in [1.29, 1.82) is 0 Å². The number of rotatable bonds is 9. The van der Waals surface area contributed by atoms with Crippen LogP contribution in [0.1, 0.15) is 34.1 Å². The normalized spacial score (nSPS) is 11.6. The average Bonchev–Trinajstić information content (AvgIpc) is 3.21. The molecule has 152 valence electrons. The van der Waals surface area contributed by atoms with Gasteiger partial charge in [0.15, 0.2) is 0 Å². The van der Waals surface area contributed by atoms with Crippen LogP contribution in [0.3, 0.4) is 0 Å². The van der Waals surface area contributed by atoms with Gasteiger partial charge in [0, 0.05) is 37.0 Å². The van der Waals surface area contributed by atoms with Gasteiger partial charge in [-0.3, -0.25) is 4.79 Å². The van der Waals surface area contributed by atoms with E-state index in [1.807, 2.05) is 80.1 Å². The highest BCUT2D eigenvalue weighted by Gasteiger charge is 2.08. The Hall–Kier alpha value is -3.66. The lowest BCUT2D eigenvalue weighted by atomic mass is 10.0. The van der Waals surface area contributed by atoms with Crippen molar-refractivity contribution in [2.24, 2.45) is 0 Å². The number of aromatic nitrogens is 2. The summed E-state index contributed by atoms with van der Waals surface area (Å²) in [7, 11) is 0. The molecule has 0 unspecified atom stereocenters. The molecular formula is C26H27N3O. The summed E-state index contributed by atoms with van der Waals surface area (Å²) in [5.74, 6) is -0.0732. The monoisotopic (exact) mass is 397 g/mol. The molecule has 1 amide bonds. The molecule has 2 aromatic carbocycles. The van der Waals surface area contributed by atoms with Crippen molar-refractivity contribution >= 4 is 11.5 Å². The molecule has 0 bridgehead atoms. The third-order valence-corrected chi connectivity index (χ3v) is 4.79. The first-order valence-corrected chi connectivity index (χ1v) is 10.1. The van der Waals surface area contributed by atoms with Crippen LogP contribution in [0, 0.1) is 0 Å². The van der Waals surface area contributed by atoms with E-state index in [0.29, 0.717) is 12.1 Å². The lowest BCUT2D eigenvalue weighted by Gasteiger charge is -2.10. The average molecular weight is 398 g/mol. The smallest absolute Gasteiger partial charge is 0.251 e. The second-order valence-electron chi connectivity index (χ2n) is 6.94. The number of benzene rings is 2. The highest BCUT2D eigenvalue weighted by molar-refractivity contribution is 5.94. The van der Waals surface area contributed by atoms with Crippen LogP contribution >= 0.6 is 0 Å². The Kier molecular flexibility index (Phi) is 7.56. The van der Waals surface area contributed by atoms with Crippen LogP contribution in [-0.4, -0.2) is 22.0 Å². The highest BCUT2D eigenvalue weighted by Crippen LogP contribution is 2.17. The van der Waals surface area contributed by atoms with Crippen molar-refractivity contribution in [2.45, 2.75) is 19.9 Å². The van der Waals surface area contributed by atoms with Gasteiger partial charge in [-0.25, -0.2) is 4.98 Å². The largest absolute Gasteiger partial charge is 0.352 e. The van der Waals surface area contributed by atoms with Gasteiger partial charge in [-0.2, -0.15) is 0 Å². The molecule has 0 atom stereocenters. The van der Waals surface area contributed by atoms with E-state index in [2.05, 4.69) is 33.6 Å². The van der Waals surface area contributed by atoms with E-state index in [4.69, 9.17) is 0 Å². The molecule has 4 heteroatoms. The van der Waals surface area contributed by atoms with Crippen molar-refractivity contribution in [3.8, 4) is 0 Å². The predicted octanol–water partition coefficient (Wildman–Crippen LogP) is 5.05. The Morgan fingerprint density at radius 1 is 1.10 bits per heavy atom. The fourth-order valence-corrected chi connectivity index (χ4v) is 3.25. The summed E-state index contributed by atoms with van der Waals surface area (Å²) in [5.41, 5.74) is 5.08. The van der Waals surface area contributed by atoms with Gasteiger partial charge < -0.3 is 9.88 Å². The van der Waals surface area contributed by atoms with E-state index in [-0.39, 0.29) is 5.91 Å². The number of amides is 1. The fraction of sp³-hybridized carbons (Fsp3) is 0.154. The maximum atomic E-state index is 12.5. The number of allylic oxidation sites excluding steroid dienone is 5. The molecule has 0 fully saturated rings. The first kappa shape index (κ1) is 21.1. The van der Waals surface area contributed by atoms with Gasteiger partial charge >= 0.3 is 0 Å². The minimum absolute atomic E-state index is 0.0732. The molecule has 0 saturated carbocycles. The number of carbonyl (C=O) groups is 1. The Balaban J connectivity index is 1.56. The van der Waals surface area contributed by atoms with Crippen molar-refractivity contribution in [1.82, 2.24) is 14.9 Å². The molecule has 3 aromatic rings. The van der Waals surface area contributed by atoms with Crippen LogP contribution in [-0.2, 0) is 13.0 Å². The van der Waals surface area contributed by atoms with Crippen LogP contribution in [0.5, 0.6) is 0 Å². The van der Waals surface area contributed by atoms with Gasteiger partial charge in [0.05, 0.1) is 6.33 Å². The van der Waals surface area contributed by atoms with E-state index < -0.39 is 0 Å². The molecular weight excluding hydrogens is 370 g/mol. The summed E-state index contributed by atoms with van der Waals surface area (Å²) >= 11 is 0. The summed E-state index contributed by atoms with van der Waals surface area (Å²) in [6.07, 6.45) is 12.1. The standard InChI is InChI=1S/C26H27N3O/c1-3-8-22(9-4-2)23-12-14-24(15-13-23)26(30)28-17-16-25-18-27-20-29(25)19-21-10-6-5-7-11-21/h3-15,18,20H,1,16-17,19H2,2H3,(H,28,30)/b9-4-,22-8+. The van der Waals surface area contributed by atoms with Crippen LogP contribution in [0.15, 0.2) is 98.0 Å². The predicted molar refractivity (Wildman–Crippen MR) is 123 cm³/mol. The van der Waals surface area contributed by atoms with Gasteiger partial charge in [0.1, 0.15) is 0 Å². The fourth-order valence-electron chi connectivity index (χ4n) is 3.25. The zero-order chi connectivity index (χ0) is 21.2. The molecule has 0 aliphatic heterocycles. The van der Waals surface area contributed by atoms with Gasteiger partial charge in [0.2, 0.25) is 0 Å². The quantitative estimate of drug-likeness (QED) is 0.514. The molecule has 1 heterocycles. The van der Waals surface area contributed by atoms with Crippen molar-refractivity contribution < 1.29 is 4.79 Å². The second-order valence-corrected chi connectivity index (χ2v) is 6.94. The molecule has 4 nitrogen and oxygen atoms in total. The van der Waals surface area contributed by atoms with E-state index in [1.165, 1.54) is 5.56 Å². The number of nitrogens with zero attached hydrogens (tertiary/aromatic N) is 2. The summed E-state index contributed by atoms with van der Waals surface area (Å²) < 4.78 is 2.12. The molecule has 1 aromatic heterocycles. The first-order chi connectivity index (χ1) is 14.7. The van der Waals surface area contributed by atoms with E-state index in [0.717, 1.165) is 29.8 Å². The molecule has 0 saturated heterocycles. The molecule has 0 radical (unpaired) electrons. The number of hydrogen-bond donors (Lipinski definition) is 1. The summed E-state index contributed by atoms with van der Waals surface area (Å²) in [6.45, 7) is 7.07. The maximum Gasteiger partial charge on any atom is 0.251 e. The highest BCUT2D eigenvalue weighted by atomic mass is 16.1. The Morgan fingerprint density at radius 3 is 2.53 bits per heavy atom. The summed E-state index contributed by atoms with van der Waals surface area (Å²) in [6, 6.07) is 17.9.